The van der Waals surface area contributed by atoms with Crippen LogP contribution in [-0.4, -0.2) is 15.9 Å². The lowest BCUT2D eigenvalue weighted by Gasteiger charge is -2.17. The van der Waals surface area contributed by atoms with Crippen LogP contribution in [0, 0.1) is 0 Å². The fourth-order valence-corrected chi connectivity index (χ4v) is 3.94. The molecule has 0 atom stereocenters. The lowest BCUT2D eigenvalue weighted by Crippen LogP contribution is -2.35. The molecule has 126 valence electrons. The van der Waals surface area contributed by atoms with Crippen molar-refractivity contribution in [1.82, 2.24) is 15.3 Å². The first-order valence-corrected chi connectivity index (χ1v) is 9.74. The van der Waals surface area contributed by atoms with Gasteiger partial charge < -0.3 is 5.32 Å². The number of carbonyl (C=O) groups excluding carboxylic acids is 1. The summed E-state index contributed by atoms with van der Waals surface area (Å²) in [5.74, 6) is 0.0171. The number of amides is 1. The number of thiazole rings is 1. The van der Waals surface area contributed by atoms with Crippen LogP contribution in [0.1, 0.15) is 24.1 Å². The molecule has 1 aliphatic rings. The second-order valence-corrected chi connectivity index (χ2v) is 7.97. The number of rotatable bonds is 5. The number of nitrogens with one attached hydrogen (secondary N) is 1. The first-order valence-electron chi connectivity index (χ1n) is 8.06. The van der Waals surface area contributed by atoms with E-state index in [-0.39, 0.29) is 11.4 Å². The Bertz CT molecular complexity index is 889. The average Bonchev–Trinajstić information content (AvgIpc) is 3.25. The summed E-state index contributed by atoms with van der Waals surface area (Å²) < 4.78 is 1.05. The predicted octanol–water partition coefficient (Wildman–Crippen LogP) is 4.32. The van der Waals surface area contributed by atoms with Crippen LogP contribution < -0.4 is 5.32 Å². The van der Waals surface area contributed by atoms with Crippen LogP contribution >= 0.6 is 27.3 Å². The molecule has 0 radical (unpaired) electrons. The van der Waals surface area contributed by atoms with E-state index in [0.717, 1.165) is 33.6 Å². The predicted molar refractivity (Wildman–Crippen MR) is 102 cm³/mol. The second-order valence-electron chi connectivity index (χ2n) is 6.20. The van der Waals surface area contributed by atoms with Gasteiger partial charge in [-0.25, -0.2) is 4.98 Å². The SMILES string of the molecule is O=C(Cc1csc(-c2cccnc2)n1)NC1(c2ccc(Br)cc2)CC1. The number of carbonyl (C=O) groups is 1. The quantitative estimate of drug-likeness (QED) is 0.677. The molecule has 4 rings (SSSR count). The highest BCUT2D eigenvalue weighted by atomic mass is 79.9. The monoisotopic (exact) mass is 413 g/mol. The molecular formula is C19H16BrN3OS. The smallest absolute Gasteiger partial charge is 0.226 e. The van der Waals surface area contributed by atoms with Gasteiger partial charge in [-0.05, 0) is 42.7 Å². The number of halogens is 1. The van der Waals surface area contributed by atoms with E-state index in [0.29, 0.717) is 6.42 Å². The van der Waals surface area contributed by atoms with Crippen LogP contribution in [0.15, 0.2) is 58.6 Å². The Kier molecular flexibility index (Phi) is 4.39. The van der Waals surface area contributed by atoms with Crippen LogP contribution in [0.4, 0.5) is 0 Å². The molecule has 1 saturated carbocycles. The highest BCUT2D eigenvalue weighted by Gasteiger charge is 2.45. The van der Waals surface area contributed by atoms with Gasteiger partial charge in [-0.15, -0.1) is 11.3 Å². The minimum Gasteiger partial charge on any atom is -0.346 e. The molecule has 1 fully saturated rings. The number of nitrogens with zero attached hydrogens (tertiary/aromatic N) is 2. The molecule has 1 aliphatic carbocycles. The average molecular weight is 414 g/mol. The van der Waals surface area contributed by atoms with Crippen molar-refractivity contribution in [3.63, 3.8) is 0 Å². The van der Waals surface area contributed by atoms with Crippen LogP contribution in [0.2, 0.25) is 0 Å². The fourth-order valence-electron chi connectivity index (χ4n) is 2.87. The molecule has 2 heterocycles. The number of hydrogen-bond donors (Lipinski definition) is 1. The zero-order valence-electron chi connectivity index (χ0n) is 13.4. The van der Waals surface area contributed by atoms with Crippen molar-refractivity contribution in [2.45, 2.75) is 24.8 Å². The van der Waals surface area contributed by atoms with E-state index in [1.54, 1.807) is 12.4 Å². The van der Waals surface area contributed by atoms with Crippen LogP contribution in [0.5, 0.6) is 0 Å². The molecule has 0 saturated heterocycles. The fraction of sp³-hybridized carbons (Fsp3) is 0.211. The maximum Gasteiger partial charge on any atom is 0.226 e. The van der Waals surface area contributed by atoms with E-state index in [2.05, 4.69) is 43.3 Å². The summed E-state index contributed by atoms with van der Waals surface area (Å²) in [7, 11) is 0. The minimum absolute atomic E-state index is 0.0171. The van der Waals surface area contributed by atoms with Crippen molar-refractivity contribution in [1.29, 1.82) is 0 Å². The van der Waals surface area contributed by atoms with Crippen molar-refractivity contribution < 1.29 is 4.79 Å². The molecule has 0 spiro atoms. The van der Waals surface area contributed by atoms with Crippen LogP contribution in [-0.2, 0) is 16.8 Å². The molecule has 6 heteroatoms. The molecule has 25 heavy (non-hydrogen) atoms. The largest absolute Gasteiger partial charge is 0.346 e. The van der Waals surface area contributed by atoms with Crippen LogP contribution in [0.3, 0.4) is 0 Å². The summed E-state index contributed by atoms with van der Waals surface area (Å²) in [5, 5.41) is 6.04. The second kappa shape index (κ2) is 6.69. The topological polar surface area (TPSA) is 54.9 Å². The van der Waals surface area contributed by atoms with Crippen molar-refractivity contribution in [3.05, 3.63) is 69.9 Å². The van der Waals surface area contributed by atoms with Gasteiger partial charge >= 0.3 is 0 Å². The Labute approximate surface area is 158 Å². The summed E-state index contributed by atoms with van der Waals surface area (Å²) in [4.78, 5) is 21.2. The Morgan fingerprint density at radius 1 is 1.24 bits per heavy atom. The highest BCUT2D eigenvalue weighted by molar-refractivity contribution is 9.10. The maximum absolute atomic E-state index is 12.5. The van der Waals surface area contributed by atoms with Gasteiger partial charge in [-0.3, -0.25) is 9.78 Å². The first-order chi connectivity index (χ1) is 12.1. The third kappa shape index (κ3) is 3.65. The number of pyridine rings is 1. The van der Waals surface area contributed by atoms with Gasteiger partial charge in [-0.2, -0.15) is 0 Å². The van der Waals surface area contributed by atoms with E-state index < -0.39 is 0 Å². The van der Waals surface area contributed by atoms with Crippen molar-refractivity contribution in [3.8, 4) is 10.6 Å². The molecule has 4 nitrogen and oxygen atoms in total. The van der Waals surface area contributed by atoms with Crippen molar-refractivity contribution in [2.75, 3.05) is 0 Å². The molecule has 1 N–H and O–H groups in total. The highest BCUT2D eigenvalue weighted by Crippen LogP contribution is 2.45. The summed E-state index contributed by atoms with van der Waals surface area (Å²) in [6.45, 7) is 0. The third-order valence-electron chi connectivity index (χ3n) is 4.33. The van der Waals surface area contributed by atoms with Gasteiger partial charge in [0.05, 0.1) is 17.7 Å². The molecule has 2 aromatic heterocycles. The minimum atomic E-state index is -0.194. The molecule has 0 unspecified atom stereocenters. The van der Waals surface area contributed by atoms with E-state index in [9.17, 15) is 4.79 Å². The molecule has 1 amide bonds. The zero-order chi connectivity index (χ0) is 17.3. The number of hydrogen-bond acceptors (Lipinski definition) is 4. The molecule has 0 bridgehead atoms. The van der Waals surface area contributed by atoms with E-state index >= 15 is 0 Å². The molecular weight excluding hydrogens is 398 g/mol. The van der Waals surface area contributed by atoms with Gasteiger partial charge in [0.25, 0.3) is 0 Å². The summed E-state index contributed by atoms with van der Waals surface area (Å²) in [6.07, 6.45) is 5.80. The Balaban J connectivity index is 1.43. The molecule has 0 aliphatic heterocycles. The van der Waals surface area contributed by atoms with Gasteiger partial charge in [0.15, 0.2) is 0 Å². The van der Waals surface area contributed by atoms with Crippen LogP contribution in [0.25, 0.3) is 10.6 Å². The molecule has 1 aromatic carbocycles. The van der Waals surface area contributed by atoms with Gasteiger partial charge in [0.2, 0.25) is 5.91 Å². The number of aromatic nitrogens is 2. The number of benzene rings is 1. The van der Waals surface area contributed by atoms with Crippen molar-refractivity contribution >= 4 is 33.2 Å². The Hall–Kier alpha value is -2.05. The van der Waals surface area contributed by atoms with Gasteiger partial charge in [0.1, 0.15) is 5.01 Å². The molecule has 3 aromatic rings. The first kappa shape index (κ1) is 16.4. The normalized spacial score (nSPS) is 14.9. The van der Waals surface area contributed by atoms with Gasteiger partial charge in [0, 0.05) is 27.8 Å². The lowest BCUT2D eigenvalue weighted by molar-refractivity contribution is -0.121. The van der Waals surface area contributed by atoms with E-state index in [4.69, 9.17) is 0 Å². The Morgan fingerprint density at radius 2 is 2.04 bits per heavy atom. The maximum atomic E-state index is 12.5. The van der Waals surface area contributed by atoms with E-state index in [1.807, 2.05) is 29.6 Å². The van der Waals surface area contributed by atoms with E-state index in [1.165, 1.54) is 16.9 Å². The Morgan fingerprint density at radius 3 is 2.72 bits per heavy atom. The van der Waals surface area contributed by atoms with Gasteiger partial charge in [-0.1, -0.05) is 28.1 Å². The lowest BCUT2D eigenvalue weighted by atomic mass is 10.0. The van der Waals surface area contributed by atoms with Crippen molar-refractivity contribution in [2.24, 2.45) is 0 Å². The summed E-state index contributed by atoms with van der Waals surface area (Å²) in [5.41, 5.74) is 2.75. The summed E-state index contributed by atoms with van der Waals surface area (Å²) in [6, 6.07) is 12.0. The zero-order valence-corrected chi connectivity index (χ0v) is 15.8. The third-order valence-corrected chi connectivity index (χ3v) is 5.80. The standard InChI is InChI=1S/C19H16BrN3OS/c20-15-5-3-14(4-6-15)19(7-8-19)23-17(24)10-16-12-25-18(22-16)13-2-1-9-21-11-13/h1-6,9,11-12H,7-8,10H2,(H,23,24). The summed E-state index contributed by atoms with van der Waals surface area (Å²) >= 11 is 4.99.